The number of rotatable bonds is 5. The molecule has 0 bridgehead atoms. The molecule has 0 saturated carbocycles. The third-order valence-electron chi connectivity index (χ3n) is 3.63. The fourth-order valence-corrected chi connectivity index (χ4v) is 3.43. The molecule has 2 aromatic carbocycles. The molecule has 128 valence electrons. The Hall–Kier alpha value is -3.06. The summed E-state index contributed by atoms with van der Waals surface area (Å²) in [4.78, 5) is 11.1. The minimum absolute atomic E-state index is 0.156. The van der Waals surface area contributed by atoms with Crippen LogP contribution in [0.2, 0.25) is 0 Å². The van der Waals surface area contributed by atoms with Gasteiger partial charge in [-0.3, -0.25) is 4.72 Å². The molecule has 0 spiro atoms. The number of carboxylic acids is 1. The average molecular weight is 357 g/mol. The van der Waals surface area contributed by atoms with Crippen LogP contribution in [-0.4, -0.2) is 19.5 Å². The van der Waals surface area contributed by atoms with Gasteiger partial charge in [-0.15, -0.1) is 0 Å². The lowest BCUT2D eigenvalue weighted by atomic mass is 10.1. The van der Waals surface area contributed by atoms with E-state index in [1.54, 1.807) is 42.5 Å². The number of aromatic carboxylic acids is 1. The maximum atomic E-state index is 12.4. The summed E-state index contributed by atoms with van der Waals surface area (Å²) >= 11 is 0. The molecular weight excluding hydrogens is 342 g/mol. The molecule has 0 aliphatic heterocycles. The van der Waals surface area contributed by atoms with Gasteiger partial charge >= 0.3 is 5.97 Å². The van der Waals surface area contributed by atoms with E-state index in [0.717, 1.165) is 5.56 Å². The molecular formula is C18H15NO5S. The number of hydrogen-bond acceptors (Lipinski definition) is 4. The van der Waals surface area contributed by atoms with Crippen molar-refractivity contribution in [3.8, 4) is 11.3 Å². The molecule has 1 aromatic heterocycles. The first kappa shape index (κ1) is 16.8. The van der Waals surface area contributed by atoms with Crippen LogP contribution in [0.25, 0.3) is 11.3 Å². The van der Waals surface area contributed by atoms with E-state index >= 15 is 0 Å². The van der Waals surface area contributed by atoms with E-state index < -0.39 is 16.0 Å². The third kappa shape index (κ3) is 3.56. The van der Waals surface area contributed by atoms with E-state index in [2.05, 4.69) is 4.72 Å². The number of anilines is 1. The monoisotopic (exact) mass is 357 g/mol. The SMILES string of the molecule is Cc1ccc(NS(=O)(=O)c2ccccc2)cc1-c1ccc(C(=O)O)o1. The van der Waals surface area contributed by atoms with Gasteiger partial charge in [-0.1, -0.05) is 24.3 Å². The second-order valence-corrected chi connectivity index (χ2v) is 7.10. The molecule has 7 heteroatoms. The van der Waals surface area contributed by atoms with Crippen molar-refractivity contribution in [2.75, 3.05) is 4.72 Å². The van der Waals surface area contributed by atoms with Gasteiger partial charge in [0.05, 0.1) is 4.90 Å². The highest BCUT2D eigenvalue weighted by Crippen LogP contribution is 2.29. The zero-order valence-corrected chi connectivity index (χ0v) is 14.1. The number of carbonyl (C=O) groups is 1. The second-order valence-electron chi connectivity index (χ2n) is 5.42. The molecule has 0 unspecified atom stereocenters. The summed E-state index contributed by atoms with van der Waals surface area (Å²) in [5, 5.41) is 8.96. The van der Waals surface area contributed by atoms with Gasteiger partial charge in [0.15, 0.2) is 0 Å². The molecule has 0 saturated heterocycles. The van der Waals surface area contributed by atoms with E-state index in [9.17, 15) is 13.2 Å². The van der Waals surface area contributed by atoms with Crippen molar-refractivity contribution in [2.24, 2.45) is 0 Å². The molecule has 3 aromatic rings. The Balaban J connectivity index is 1.95. The van der Waals surface area contributed by atoms with E-state index in [0.29, 0.717) is 17.0 Å². The summed E-state index contributed by atoms with van der Waals surface area (Å²) < 4.78 is 32.7. The van der Waals surface area contributed by atoms with Gasteiger partial charge in [-0.2, -0.15) is 0 Å². The number of sulfonamides is 1. The van der Waals surface area contributed by atoms with Crippen molar-refractivity contribution in [2.45, 2.75) is 11.8 Å². The number of furan rings is 1. The van der Waals surface area contributed by atoms with Gasteiger partial charge in [0, 0.05) is 11.3 Å². The lowest BCUT2D eigenvalue weighted by Crippen LogP contribution is -2.12. The zero-order chi connectivity index (χ0) is 18.0. The van der Waals surface area contributed by atoms with Crippen LogP contribution in [0.15, 0.2) is 70.0 Å². The molecule has 0 fully saturated rings. The van der Waals surface area contributed by atoms with Crippen LogP contribution < -0.4 is 4.72 Å². The van der Waals surface area contributed by atoms with Crippen LogP contribution in [0, 0.1) is 6.92 Å². The van der Waals surface area contributed by atoms with Crippen LogP contribution in [0.3, 0.4) is 0 Å². The Morgan fingerprint density at radius 2 is 1.76 bits per heavy atom. The first-order chi connectivity index (χ1) is 11.9. The highest BCUT2D eigenvalue weighted by atomic mass is 32.2. The van der Waals surface area contributed by atoms with Gasteiger partial charge < -0.3 is 9.52 Å². The van der Waals surface area contributed by atoms with Crippen LogP contribution in [0.4, 0.5) is 5.69 Å². The Bertz CT molecular complexity index is 1020. The van der Waals surface area contributed by atoms with Crippen LogP contribution in [-0.2, 0) is 10.0 Å². The Morgan fingerprint density at radius 3 is 2.40 bits per heavy atom. The fraction of sp³-hybridized carbons (Fsp3) is 0.0556. The molecule has 2 N–H and O–H groups in total. The van der Waals surface area contributed by atoms with Crippen molar-refractivity contribution in [1.29, 1.82) is 0 Å². The van der Waals surface area contributed by atoms with E-state index in [1.807, 2.05) is 6.92 Å². The van der Waals surface area contributed by atoms with Crippen LogP contribution in [0.5, 0.6) is 0 Å². The molecule has 0 aliphatic carbocycles. The predicted molar refractivity (Wildman–Crippen MR) is 93.1 cm³/mol. The zero-order valence-electron chi connectivity index (χ0n) is 13.3. The first-order valence-electron chi connectivity index (χ1n) is 7.39. The predicted octanol–water partition coefficient (Wildman–Crippen LogP) is 3.75. The Labute approximate surface area is 144 Å². The molecule has 0 amide bonds. The minimum atomic E-state index is -3.71. The van der Waals surface area contributed by atoms with Crippen molar-refractivity contribution in [3.05, 3.63) is 72.0 Å². The smallest absolute Gasteiger partial charge is 0.371 e. The number of hydrogen-bond donors (Lipinski definition) is 2. The standard InChI is InChI=1S/C18H15NO5S/c1-12-7-8-13(19-25(22,23)14-5-3-2-4-6-14)11-15(12)16-9-10-17(24-16)18(20)21/h2-11,19H,1H3,(H,20,21). The molecule has 6 nitrogen and oxygen atoms in total. The Morgan fingerprint density at radius 1 is 1.04 bits per heavy atom. The van der Waals surface area contributed by atoms with Crippen molar-refractivity contribution in [1.82, 2.24) is 0 Å². The van der Waals surface area contributed by atoms with E-state index in [1.165, 1.54) is 18.2 Å². The van der Waals surface area contributed by atoms with Gasteiger partial charge in [0.25, 0.3) is 10.0 Å². The first-order valence-corrected chi connectivity index (χ1v) is 8.87. The maximum Gasteiger partial charge on any atom is 0.371 e. The lowest BCUT2D eigenvalue weighted by Gasteiger charge is -2.10. The maximum absolute atomic E-state index is 12.4. The normalized spacial score (nSPS) is 11.2. The van der Waals surface area contributed by atoms with E-state index in [-0.39, 0.29) is 10.7 Å². The number of carboxylic acid groups (broad SMARTS) is 1. The fourth-order valence-electron chi connectivity index (χ4n) is 2.36. The topological polar surface area (TPSA) is 96.6 Å². The summed E-state index contributed by atoms with van der Waals surface area (Å²) in [5.41, 5.74) is 1.80. The summed E-state index contributed by atoms with van der Waals surface area (Å²) in [6.45, 7) is 1.83. The van der Waals surface area contributed by atoms with Crippen molar-refractivity contribution in [3.63, 3.8) is 0 Å². The molecule has 0 aliphatic rings. The van der Waals surface area contributed by atoms with Gasteiger partial charge in [-0.05, 0) is 48.9 Å². The summed E-state index contributed by atoms with van der Waals surface area (Å²) in [7, 11) is -3.71. The van der Waals surface area contributed by atoms with Crippen molar-refractivity contribution >= 4 is 21.7 Å². The van der Waals surface area contributed by atoms with E-state index in [4.69, 9.17) is 9.52 Å². The second kappa shape index (κ2) is 6.45. The summed E-state index contributed by atoms with van der Waals surface area (Å²) in [5.74, 6) is -0.981. The molecule has 3 rings (SSSR count). The molecule has 1 heterocycles. The molecule has 0 atom stereocenters. The number of aryl methyl sites for hydroxylation is 1. The third-order valence-corrected chi connectivity index (χ3v) is 5.02. The highest BCUT2D eigenvalue weighted by molar-refractivity contribution is 7.92. The van der Waals surface area contributed by atoms with Gasteiger partial charge in [0.2, 0.25) is 5.76 Å². The van der Waals surface area contributed by atoms with Gasteiger partial charge in [0.1, 0.15) is 5.76 Å². The summed E-state index contributed by atoms with van der Waals surface area (Å²) in [6.07, 6.45) is 0. The quantitative estimate of drug-likeness (QED) is 0.725. The van der Waals surface area contributed by atoms with Crippen LogP contribution in [0.1, 0.15) is 16.1 Å². The molecule has 25 heavy (non-hydrogen) atoms. The highest BCUT2D eigenvalue weighted by Gasteiger charge is 2.16. The van der Waals surface area contributed by atoms with Gasteiger partial charge in [-0.25, -0.2) is 13.2 Å². The average Bonchev–Trinajstić information content (AvgIpc) is 3.07. The number of nitrogens with one attached hydrogen (secondary N) is 1. The lowest BCUT2D eigenvalue weighted by molar-refractivity contribution is 0.0663. The van der Waals surface area contributed by atoms with Crippen molar-refractivity contribution < 1.29 is 22.7 Å². The number of benzene rings is 2. The summed E-state index contributed by atoms with van der Waals surface area (Å²) in [6, 6.07) is 15.9. The Kier molecular flexibility index (Phi) is 4.33. The largest absolute Gasteiger partial charge is 0.475 e. The minimum Gasteiger partial charge on any atom is -0.475 e. The molecule has 0 radical (unpaired) electrons. The van der Waals surface area contributed by atoms with Crippen LogP contribution >= 0.6 is 0 Å².